The maximum absolute atomic E-state index is 13.4. The molecule has 10 heteroatoms. The van der Waals surface area contributed by atoms with Gasteiger partial charge < -0.3 is 19.6 Å². The van der Waals surface area contributed by atoms with E-state index in [1.807, 2.05) is 21.6 Å². The quantitative estimate of drug-likeness (QED) is 0.501. The summed E-state index contributed by atoms with van der Waals surface area (Å²) in [5.74, 6) is 0.930. The highest BCUT2D eigenvalue weighted by Gasteiger charge is 2.25. The number of aromatic hydroxyl groups is 1. The molecule has 0 spiro atoms. The molecule has 184 valence electrons. The van der Waals surface area contributed by atoms with Crippen LogP contribution in [0.5, 0.6) is 5.75 Å². The third-order valence-corrected chi connectivity index (χ3v) is 7.35. The van der Waals surface area contributed by atoms with Gasteiger partial charge in [0.15, 0.2) is 11.0 Å². The Kier molecular flexibility index (Phi) is 7.19. The van der Waals surface area contributed by atoms with Crippen molar-refractivity contribution in [2.45, 2.75) is 30.6 Å². The number of rotatable bonds is 7. The highest BCUT2D eigenvalue weighted by atomic mass is 32.2. The molecule has 0 saturated carbocycles. The lowest BCUT2D eigenvalue weighted by molar-refractivity contribution is -0.128. The molecule has 2 fully saturated rings. The maximum atomic E-state index is 13.4. The number of aromatic nitrogens is 3. The summed E-state index contributed by atoms with van der Waals surface area (Å²) in [4.78, 5) is 17.1. The van der Waals surface area contributed by atoms with Crippen molar-refractivity contribution in [3.63, 3.8) is 0 Å². The molecule has 2 aliphatic rings. The molecule has 1 amide bonds. The van der Waals surface area contributed by atoms with Crippen LogP contribution in [0.4, 0.5) is 10.1 Å². The standard InChI is InChI=1S/C25H28FN5O3S/c26-19-5-3-18(4-6-19)24-27-28-25(31(24)16-22-2-1-15-34-22)35-17-23(33)30-13-11-29(12-14-30)20-7-9-21(32)10-8-20/h3-10,22,32H,1-2,11-17H2/t22-/m0/s1. The Morgan fingerprint density at radius 3 is 2.49 bits per heavy atom. The van der Waals surface area contributed by atoms with E-state index in [0.717, 1.165) is 43.8 Å². The lowest BCUT2D eigenvalue weighted by atomic mass is 10.2. The minimum Gasteiger partial charge on any atom is -0.508 e. The van der Waals surface area contributed by atoms with Crippen molar-refractivity contribution in [3.8, 4) is 17.1 Å². The third kappa shape index (κ3) is 5.59. The van der Waals surface area contributed by atoms with Crippen LogP contribution in [0.2, 0.25) is 0 Å². The zero-order chi connectivity index (χ0) is 24.2. The van der Waals surface area contributed by atoms with Crippen LogP contribution >= 0.6 is 11.8 Å². The molecule has 0 bridgehead atoms. The van der Waals surface area contributed by atoms with Gasteiger partial charge in [-0.1, -0.05) is 11.8 Å². The van der Waals surface area contributed by atoms with Gasteiger partial charge in [0.05, 0.1) is 18.4 Å². The number of anilines is 1. The SMILES string of the molecule is O=C(CSc1nnc(-c2ccc(F)cc2)n1C[C@@H]1CCCO1)N1CCN(c2ccc(O)cc2)CC1. The summed E-state index contributed by atoms with van der Waals surface area (Å²) in [5.41, 5.74) is 1.82. The number of hydrogen-bond acceptors (Lipinski definition) is 7. The van der Waals surface area contributed by atoms with Gasteiger partial charge in [-0.2, -0.15) is 0 Å². The number of piperazine rings is 1. The van der Waals surface area contributed by atoms with Gasteiger partial charge in [0, 0.05) is 44.0 Å². The molecule has 1 N–H and O–H groups in total. The second-order valence-electron chi connectivity index (χ2n) is 8.73. The summed E-state index contributed by atoms with van der Waals surface area (Å²) in [6.07, 6.45) is 2.07. The van der Waals surface area contributed by atoms with Gasteiger partial charge in [-0.25, -0.2) is 4.39 Å². The van der Waals surface area contributed by atoms with Crippen molar-refractivity contribution in [2.24, 2.45) is 0 Å². The molecule has 5 rings (SSSR count). The lowest BCUT2D eigenvalue weighted by Gasteiger charge is -2.36. The van der Waals surface area contributed by atoms with Gasteiger partial charge >= 0.3 is 0 Å². The van der Waals surface area contributed by atoms with Gasteiger partial charge in [0.1, 0.15) is 11.6 Å². The number of thioether (sulfide) groups is 1. The van der Waals surface area contributed by atoms with E-state index in [1.54, 1.807) is 24.3 Å². The summed E-state index contributed by atoms with van der Waals surface area (Å²) < 4.78 is 21.3. The summed E-state index contributed by atoms with van der Waals surface area (Å²) in [5, 5.41) is 18.9. The van der Waals surface area contributed by atoms with Gasteiger partial charge in [0.2, 0.25) is 5.91 Å². The number of amides is 1. The van der Waals surface area contributed by atoms with E-state index >= 15 is 0 Å². The fourth-order valence-corrected chi connectivity index (χ4v) is 5.31. The first kappa shape index (κ1) is 23.6. The lowest BCUT2D eigenvalue weighted by Crippen LogP contribution is -2.49. The smallest absolute Gasteiger partial charge is 0.233 e. The first-order valence-corrected chi connectivity index (χ1v) is 12.8. The summed E-state index contributed by atoms with van der Waals surface area (Å²) in [6.45, 7) is 4.11. The largest absolute Gasteiger partial charge is 0.508 e. The van der Waals surface area contributed by atoms with Crippen LogP contribution < -0.4 is 4.90 Å². The number of halogens is 1. The van der Waals surface area contributed by atoms with Crippen molar-refractivity contribution >= 4 is 23.4 Å². The Morgan fingerprint density at radius 2 is 1.80 bits per heavy atom. The highest BCUT2D eigenvalue weighted by molar-refractivity contribution is 7.99. The minimum atomic E-state index is -0.301. The number of hydrogen-bond donors (Lipinski definition) is 1. The number of benzene rings is 2. The summed E-state index contributed by atoms with van der Waals surface area (Å²) in [6, 6.07) is 13.3. The van der Waals surface area contributed by atoms with Crippen LogP contribution in [0.15, 0.2) is 53.7 Å². The zero-order valence-corrected chi connectivity index (χ0v) is 20.2. The number of phenolic OH excluding ortho intramolecular Hbond substituents is 1. The van der Waals surface area contributed by atoms with Crippen molar-refractivity contribution in [1.29, 1.82) is 0 Å². The predicted octanol–water partition coefficient (Wildman–Crippen LogP) is 3.41. The number of carbonyl (C=O) groups is 1. The second-order valence-corrected chi connectivity index (χ2v) is 9.67. The van der Waals surface area contributed by atoms with Crippen LogP contribution in [-0.2, 0) is 16.1 Å². The fraction of sp³-hybridized carbons (Fsp3) is 0.400. The van der Waals surface area contributed by atoms with Gasteiger partial charge in [-0.15, -0.1) is 10.2 Å². The van der Waals surface area contributed by atoms with Crippen molar-refractivity contribution < 1.29 is 19.0 Å². The first-order chi connectivity index (χ1) is 17.1. The monoisotopic (exact) mass is 497 g/mol. The Morgan fingerprint density at radius 1 is 1.06 bits per heavy atom. The first-order valence-electron chi connectivity index (χ1n) is 11.8. The molecule has 0 aliphatic carbocycles. The summed E-state index contributed by atoms with van der Waals surface area (Å²) in [7, 11) is 0. The van der Waals surface area contributed by atoms with E-state index < -0.39 is 0 Å². The summed E-state index contributed by atoms with van der Waals surface area (Å²) >= 11 is 1.38. The molecule has 1 aromatic heterocycles. The molecule has 2 aliphatic heterocycles. The number of nitrogens with zero attached hydrogens (tertiary/aromatic N) is 5. The molecule has 2 aromatic carbocycles. The average molecular weight is 498 g/mol. The van der Waals surface area contributed by atoms with Gasteiger partial charge in [-0.3, -0.25) is 9.36 Å². The maximum Gasteiger partial charge on any atom is 0.233 e. The molecular weight excluding hydrogens is 469 g/mol. The van der Waals surface area contributed by atoms with E-state index in [-0.39, 0.29) is 29.3 Å². The highest BCUT2D eigenvalue weighted by Crippen LogP contribution is 2.27. The molecule has 35 heavy (non-hydrogen) atoms. The number of carbonyl (C=O) groups excluding carboxylic acids is 1. The molecule has 0 unspecified atom stereocenters. The van der Waals surface area contributed by atoms with E-state index in [0.29, 0.717) is 30.6 Å². The average Bonchev–Trinajstić information content (AvgIpc) is 3.54. The van der Waals surface area contributed by atoms with Crippen molar-refractivity contribution in [3.05, 3.63) is 54.3 Å². The molecule has 0 radical (unpaired) electrons. The van der Waals surface area contributed by atoms with Crippen LogP contribution in [0.3, 0.4) is 0 Å². The van der Waals surface area contributed by atoms with E-state index in [9.17, 15) is 14.3 Å². The Hall–Kier alpha value is -3.11. The Labute approximate surface area is 207 Å². The van der Waals surface area contributed by atoms with Crippen LogP contribution in [0, 0.1) is 5.82 Å². The Bertz CT molecular complexity index is 1140. The topological polar surface area (TPSA) is 83.7 Å². The zero-order valence-electron chi connectivity index (χ0n) is 19.3. The van der Waals surface area contributed by atoms with E-state index in [1.165, 1.54) is 23.9 Å². The van der Waals surface area contributed by atoms with Crippen molar-refractivity contribution in [2.75, 3.05) is 43.4 Å². The van der Waals surface area contributed by atoms with Gasteiger partial charge in [-0.05, 0) is 61.4 Å². The van der Waals surface area contributed by atoms with Crippen LogP contribution in [-0.4, -0.2) is 75.3 Å². The minimum absolute atomic E-state index is 0.0651. The van der Waals surface area contributed by atoms with E-state index in [2.05, 4.69) is 15.1 Å². The fourth-order valence-electron chi connectivity index (χ4n) is 4.46. The molecule has 1 atom stereocenters. The number of phenols is 1. The number of ether oxygens (including phenoxy) is 1. The van der Waals surface area contributed by atoms with E-state index in [4.69, 9.17) is 4.74 Å². The second kappa shape index (κ2) is 10.7. The van der Waals surface area contributed by atoms with Gasteiger partial charge in [0.25, 0.3) is 0 Å². The molecular formula is C25H28FN5O3S. The normalized spacial score (nSPS) is 18.3. The van der Waals surface area contributed by atoms with Crippen LogP contribution in [0.1, 0.15) is 12.8 Å². The molecule has 3 heterocycles. The van der Waals surface area contributed by atoms with Crippen molar-refractivity contribution in [1.82, 2.24) is 19.7 Å². The predicted molar refractivity (Wildman–Crippen MR) is 132 cm³/mol. The molecule has 8 nitrogen and oxygen atoms in total. The van der Waals surface area contributed by atoms with Crippen LogP contribution in [0.25, 0.3) is 11.4 Å². The molecule has 2 saturated heterocycles. The third-order valence-electron chi connectivity index (χ3n) is 6.40. The molecule has 3 aromatic rings. The Balaban J connectivity index is 1.23.